The fraction of sp³-hybridized carbons (Fsp3) is 0.333. The van der Waals surface area contributed by atoms with Crippen LogP contribution in [0.3, 0.4) is 0 Å². The normalized spacial score (nSPS) is 12.3. The molecular weight excluding hydrogens is 293 g/mol. The van der Waals surface area contributed by atoms with Crippen molar-refractivity contribution in [1.29, 1.82) is 0 Å². The third kappa shape index (κ3) is 4.16. The van der Waals surface area contributed by atoms with Gasteiger partial charge < -0.3 is 10.5 Å². The summed E-state index contributed by atoms with van der Waals surface area (Å²) in [6.07, 6.45) is -2.81. The fourth-order valence-electron chi connectivity index (χ4n) is 1.34. The highest BCUT2D eigenvalue weighted by Crippen LogP contribution is 2.33. The predicted molar refractivity (Wildman–Crippen MR) is 69.8 cm³/mol. The first-order valence-corrected chi connectivity index (χ1v) is 6.53. The van der Waals surface area contributed by atoms with Gasteiger partial charge in [-0.1, -0.05) is 6.92 Å². The average Bonchev–Trinajstić information content (AvgIpc) is 2.37. The van der Waals surface area contributed by atoms with Gasteiger partial charge in [0.2, 0.25) is 0 Å². The van der Waals surface area contributed by atoms with E-state index in [0.29, 0.717) is 11.9 Å². The molecule has 1 aromatic rings. The lowest BCUT2D eigenvalue weighted by Crippen LogP contribution is -2.10. The van der Waals surface area contributed by atoms with E-state index < -0.39 is 17.7 Å². The zero-order chi connectivity index (χ0) is 15.3. The molecule has 0 amide bonds. The molecule has 4 nitrogen and oxygen atoms in total. The summed E-state index contributed by atoms with van der Waals surface area (Å²) in [7, 11) is 1.17. The molecule has 0 radical (unpaired) electrons. The first kappa shape index (κ1) is 16.4. The molecule has 8 heteroatoms. The SMILES string of the molecule is CCSc1cc(C(F)(F)F)cnc1/C(N)=C/C(=O)OC. The number of halogens is 3. The molecule has 0 unspecified atom stereocenters. The summed E-state index contributed by atoms with van der Waals surface area (Å²) in [5.41, 5.74) is 4.90. The van der Waals surface area contributed by atoms with Crippen LogP contribution in [0.15, 0.2) is 23.2 Å². The summed E-state index contributed by atoms with van der Waals surface area (Å²) in [5, 5.41) is 0. The molecular formula is C12H13F3N2O2S. The predicted octanol–water partition coefficient (Wildman–Crippen LogP) is 2.69. The van der Waals surface area contributed by atoms with Gasteiger partial charge in [-0.25, -0.2) is 4.79 Å². The number of aromatic nitrogens is 1. The maximum absolute atomic E-state index is 12.6. The van der Waals surface area contributed by atoms with E-state index >= 15 is 0 Å². The van der Waals surface area contributed by atoms with Crippen LogP contribution in [-0.2, 0) is 15.7 Å². The van der Waals surface area contributed by atoms with E-state index in [1.165, 1.54) is 7.11 Å². The number of nitrogens with two attached hydrogens (primary N) is 1. The molecule has 2 N–H and O–H groups in total. The molecule has 0 aliphatic rings. The number of hydrogen-bond donors (Lipinski definition) is 1. The lowest BCUT2D eigenvalue weighted by Gasteiger charge is -2.12. The maximum atomic E-state index is 12.6. The van der Waals surface area contributed by atoms with Gasteiger partial charge in [0, 0.05) is 17.2 Å². The minimum absolute atomic E-state index is 0.0403. The largest absolute Gasteiger partial charge is 0.466 e. The maximum Gasteiger partial charge on any atom is 0.417 e. The van der Waals surface area contributed by atoms with Crippen molar-refractivity contribution in [3.05, 3.63) is 29.6 Å². The van der Waals surface area contributed by atoms with Crippen molar-refractivity contribution in [1.82, 2.24) is 4.98 Å². The topological polar surface area (TPSA) is 65.2 Å². The van der Waals surface area contributed by atoms with Crippen molar-refractivity contribution in [3.63, 3.8) is 0 Å². The van der Waals surface area contributed by atoms with Crippen LogP contribution in [-0.4, -0.2) is 23.8 Å². The van der Waals surface area contributed by atoms with Crippen molar-refractivity contribution >= 4 is 23.4 Å². The third-order valence-electron chi connectivity index (χ3n) is 2.23. The summed E-state index contributed by atoms with van der Waals surface area (Å²) in [5.74, 6) is -0.154. The molecule has 0 aliphatic heterocycles. The molecule has 1 rings (SSSR count). The van der Waals surface area contributed by atoms with Gasteiger partial charge in [0.1, 0.15) is 0 Å². The number of methoxy groups -OCH3 is 1. The van der Waals surface area contributed by atoms with E-state index in [1.54, 1.807) is 6.92 Å². The van der Waals surface area contributed by atoms with Gasteiger partial charge in [-0.05, 0) is 11.8 Å². The molecule has 1 heterocycles. The Balaban J connectivity index is 3.26. The number of rotatable bonds is 4. The molecule has 0 atom stereocenters. The molecule has 0 spiro atoms. The van der Waals surface area contributed by atoms with Crippen LogP contribution < -0.4 is 5.73 Å². The smallest absolute Gasteiger partial charge is 0.417 e. The second-order valence-corrected chi connectivity index (χ2v) is 4.93. The highest BCUT2D eigenvalue weighted by Gasteiger charge is 2.31. The number of carbonyl (C=O) groups excluding carboxylic acids is 1. The number of hydrogen-bond acceptors (Lipinski definition) is 5. The van der Waals surface area contributed by atoms with Gasteiger partial charge in [0.25, 0.3) is 0 Å². The molecule has 1 aromatic heterocycles. The summed E-state index contributed by atoms with van der Waals surface area (Å²) < 4.78 is 42.3. The number of alkyl halides is 3. The van der Waals surface area contributed by atoms with Gasteiger partial charge in [-0.3, -0.25) is 4.98 Å². The van der Waals surface area contributed by atoms with Crippen LogP contribution in [0.25, 0.3) is 5.70 Å². The molecule has 0 aliphatic carbocycles. The zero-order valence-corrected chi connectivity index (χ0v) is 11.6. The number of thioether (sulfide) groups is 1. The van der Waals surface area contributed by atoms with Crippen molar-refractivity contribution in [3.8, 4) is 0 Å². The van der Waals surface area contributed by atoms with Gasteiger partial charge >= 0.3 is 12.1 Å². The minimum Gasteiger partial charge on any atom is -0.466 e. The van der Waals surface area contributed by atoms with Gasteiger partial charge in [0.15, 0.2) is 0 Å². The fourth-order valence-corrected chi connectivity index (χ4v) is 2.16. The van der Waals surface area contributed by atoms with Crippen LogP contribution in [0, 0.1) is 0 Å². The number of carbonyl (C=O) groups is 1. The Labute approximate surface area is 118 Å². The second kappa shape index (κ2) is 6.65. The Hall–Kier alpha value is -1.70. The van der Waals surface area contributed by atoms with Gasteiger partial charge in [0.05, 0.1) is 24.1 Å². The van der Waals surface area contributed by atoms with Crippen molar-refractivity contribution in [2.45, 2.75) is 18.0 Å². The first-order valence-electron chi connectivity index (χ1n) is 5.55. The summed E-state index contributed by atoms with van der Waals surface area (Å²) >= 11 is 1.16. The Morgan fingerprint density at radius 3 is 2.70 bits per heavy atom. The van der Waals surface area contributed by atoms with Crippen LogP contribution >= 0.6 is 11.8 Å². The van der Waals surface area contributed by atoms with E-state index in [1.807, 2.05) is 0 Å². The molecule has 0 fully saturated rings. The molecule has 0 bridgehead atoms. The van der Waals surface area contributed by atoms with Gasteiger partial charge in [-0.15, -0.1) is 11.8 Å². The monoisotopic (exact) mass is 306 g/mol. The standard InChI is InChI=1S/C12H13F3N2O2S/c1-3-20-9-4-7(12(13,14)15)6-17-11(9)8(16)5-10(18)19-2/h4-6H,3,16H2,1-2H3/b8-5-. The first-order chi connectivity index (χ1) is 9.29. The Morgan fingerprint density at radius 1 is 1.55 bits per heavy atom. The highest BCUT2D eigenvalue weighted by molar-refractivity contribution is 7.99. The van der Waals surface area contributed by atoms with Crippen LogP contribution in [0.2, 0.25) is 0 Å². The summed E-state index contributed by atoms with van der Waals surface area (Å²) in [4.78, 5) is 15.1. The number of pyridine rings is 1. The average molecular weight is 306 g/mol. The number of ether oxygens (including phenoxy) is 1. The van der Waals surface area contributed by atoms with Crippen molar-refractivity contribution in [2.24, 2.45) is 5.73 Å². The molecule has 0 saturated heterocycles. The second-order valence-electron chi connectivity index (χ2n) is 3.62. The van der Waals surface area contributed by atoms with E-state index in [2.05, 4.69) is 9.72 Å². The van der Waals surface area contributed by atoms with E-state index in [9.17, 15) is 18.0 Å². The zero-order valence-electron chi connectivity index (χ0n) is 10.8. The summed E-state index contributed by atoms with van der Waals surface area (Å²) in [6, 6.07) is 0.967. The molecule has 0 saturated carbocycles. The third-order valence-corrected chi connectivity index (χ3v) is 3.14. The molecule has 110 valence electrons. The van der Waals surface area contributed by atoms with Crippen LogP contribution in [0.5, 0.6) is 0 Å². The molecule has 0 aromatic carbocycles. The number of esters is 1. The van der Waals surface area contributed by atoms with Crippen LogP contribution in [0.4, 0.5) is 13.2 Å². The lowest BCUT2D eigenvalue weighted by molar-refractivity contribution is -0.138. The quantitative estimate of drug-likeness (QED) is 0.526. The lowest BCUT2D eigenvalue weighted by atomic mass is 10.2. The van der Waals surface area contributed by atoms with E-state index in [-0.39, 0.29) is 16.3 Å². The Bertz CT molecular complexity index is 530. The molecule has 20 heavy (non-hydrogen) atoms. The minimum atomic E-state index is -4.48. The van der Waals surface area contributed by atoms with Crippen molar-refractivity contribution < 1.29 is 22.7 Å². The van der Waals surface area contributed by atoms with Gasteiger partial charge in [-0.2, -0.15) is 13.2 Å². The summed E-state index contributed by atoms with van der Waals surface area (Å²) in [6.45, 7) is 1.79. The van der Waals surface area contributed by atoms with Crippen LogP contribution in [0.1, 0.15) is 18.2 Å². The van der Waals surface area contributed by atoms with E-state index in [0.717, 1.165) is 23.9 Å². The van der Waals surface area contributed by atoms with Crippen molar-refractivity contribution in [2.75, 3.05) is 12.9 Å². The Kier molecular flexibility index (Phi) is 5.43. The Morgan fingerprint density at radius 2 is 2.20 bits per heavy atom. The highest BCUT2D eigenvalue weighted by atomic mass is 32.2. The number of nitrogens with zero attached hydrogens (tertiary/aromatic N) is 1. The van der Waals surface area contributed by atoms with E-state index in [4.69, 9.17) is 5.73 Å².